The van der Waals surface area contributed by atoms with Crippen LogP contribution in [0.5, 0.6) is 0 Å². The number of hydrogen-bond acceptors (Lipinski definition) is 0. The molecule has 22 heavy (non-hydrogen) atoms. The Labute approximate surface area is 138 Å². The summed E-state index contributed by atoms with van der Waals surface area (Å²) in [6.45, 7) is 0. The fourth-order valence-corrected chi connectivity index (χ4v) is 5.51. The van der Waals surface area contributed by atoms with E-state index in [9.17, 15) is 17.3 Å². The van der Waals surface area contributed by atoms with Crippen LogP contribution < -0.4 is 0 Å². The molecule has 0 aromatic carbocycles. The van der Waals surface area contributed by atoms with Crippen LogP contribution in [-0.2, 0) is 17.7 Å². The fraction of sp³-hybridized carbons (Fsp3) is 0.500. The summed E-state index contributed by atoms with van der Waals surface area (Å²) in [5.41, 5.74) is 0. The van der Waals surface area contributed by atoms with E-state index in [1.807, 2.05) is 0 Å². The number of allylic oxidation sites excluding steroid dienone is 8. The molecule has 0 aromatic heterocycles. The summed E-state index contributed by atoms with van der Waals surface area (Å²) in [7, 11) is -6.00. The van der Waals surface area contributed by atoms with Crippen LogP contribution in [-0.4, -0.2) is 7.25 Å². The van der Waals surface area contributed by atoms with Crippen molar-refractivity contribution in [3.05, 3.63) is 44.6 Å². The minimum Gasteiger partial charge on any atom is -0.418 e. The van der Waals surface area contributed by atoms with Crippen LogP contribution in [0.15, 0.2) is 44.6 Å². The van der Waals surface area contributed by atoms with E-state index in [2.05, 4.69) is 36.5 Å². The first-order valence-corrected chi connectivity index (χ1v) is 10.0. The Hall–Kier alpha value is -0.606. The SMILES string of the molecule is C1=CCC[C]([Ir][C]2=CCCC=CCC2)=CCC1.F[B-](F)(F)F. The molecule has 2 rings (SSSR count). The molecule has 0 unspecified atom stereocenters. The van der Waals surface area contributed by atoms with Crippen molar-refractivity contribution in [2.45, 2.75) is 51.4 Å². The van der Waals surface area contributed by atoms with Gasteiger partial charge < -0.3 is 17.3 Å². The Balaban J connectivity index is 0.000000422. The van der Waals surface area contributed by atoms with Crippen molar-refractivity contribution in [3.63, 3.8) is 0 Å². The largest absolute Gasteiger partial charge is 0.673 e. The predicted molar refractivity (Wildman–Crippen MR) is 81.6 cm³/mol. The van der Waals surface area contributed by atoms with E-state index in [1.165, 1.54) is 51.4 Å². The molecule has 0 N–H and O–H groups in total. The summed E-state index contributed by atoms with van der Waals surface area (Å²) in [4.78, 5) is 0. The molecule has 0 spiro atoms. The second kappa shape index (κ2) is 11.0. The van der Waals surface area contributed by atoms with Crippen LogP contribution in [0.4, 0.5) is 17.3 Å². The summed E-state index contributed by atoms with van der Waals surface area (Å²) in [5.74, 6) is 0. The van der Waals surface area contributed by atoms with Crippen molar-refractivity contribution in [2.75, 3.05) is 0 Å². The molecular formula is C16H22BF4Ir-. The molecule has 0 saturated heterocycles. The molecule has 0 nitrogen and oxygen atoms in total. The van der Waals surface area contributed by atoms with Crippen molar-refractivity contribution in [2.24, 2.45) is 0 Å². The Morgan fingerprint density at radius 1 is 0.636 bits per heavy atom. The minimum absolute atomic E-state index is 0.0328. The third-order valence-electron chi connectivity index (χ3n) is 3.00. The van der Waals surface area contributed by atoms with Crippen LogP contribution >= 0.6 is 0 Å². The minimum atomic E-state index is -6.00. The molecule has 0 amide bonds. The summed E-state index contributed by atoms with van der Waals surface area (Å²) < 4.78 is 42.6. The molecule has 0 heterocycles. The van der Waals surface area contributed by atoms with Crippen LogP contribution in [0, 0.1) is 0 Å². The van der Waals surface area contributed by atoms with Gasteiger partial charge in [0.25, 0.3) is 0 Å². The Morgan fingerprint density at radius 2 is 1.00 bits per heavy atom. The average Bonchev–Trinajstić information content (AvgIpc) is 2.32. The molecule has 2 aliphatic rings. The molecule has 2 aliphatic carbocycles. The second-order valence-electron chi connectivity index (χ2n) is 5.00. The first kappa shape index (κ1) is 19.4. The molecule has 0 bridgehead atoms. The van der Waals surface area contributed by atoms with Gasteiger partial charge in [-0.2, -0.15) is 0 Å². The molecule has 0 aromatic rings. The molecule has 0 atom stereocenters. The van der Waals surface area contributed by atoms with E-state index < -0.39 is 7.25 Å². The van der Waals surface area contributed by atoms with Crippen molar-refractivity contribution >= 4 is 7.25 Å². The molecule has 0 radical (unpaired) electrons. The third kappa shape index (κ3) is 12.0. The molecule has 0 fully saturated rings. The van der Waals surface area contributed by atoms with Crippen LogP contribution in [0.3, 0.4) is 0 Å². The molecule has 0 saturated carbocycles. The van der Waals surface area contributed by atoms with Gasteiger partial charge in [-0.3, -0.25) is 0 Å². The normalized spacial score (nSPS) is 19.8. The Morgan fingerprint density at radius 3 is 1.41 bits per heavy atom. The number of rotatable bonds is 2. The first-order valence-electron chi connectivity index (χ1n) is 7.61. The Bertz CT molecular complexity index is 396. The maximum absolute atomic E-state index is 9.75. The standard InChI is InChI=1S/2C8H11.BF4.Ir/c2*1-2-4-6-8-7-5-3-1;2-1(3,4)5;/h2*1-2,7H,3-6H2;;/q;;-1;. The third-order valence-corrected chi connectivity index (χ3v) is 6.72. The topological polar surface area (TPSA) is 0 Å². The van der Waals surface area contributed by atoms with Gasteiger partial charge in [-0.15, -0.1) is 0 Å². The maximum atomic E-state index is 9.75. The van der Waals surface area contributed by atoms with Gasteiger partial charge in [-0.05, 0) is 0 Å². The van der Waals surface area contributed by atoms with Crippen molar-refractivity contribution in [1.82, 2.24) is 0 Å². The summed E-state index contributed by atoms with van der Waals surface area (Å²) >= 11 is 0.0328. The van der Waals surface area contributed by atoms with Gasteiger partial charge in [0.1, 0.15) is 0 Å². The maximum Gasteiger partial charge on any atom is 0.673 e. The average molecular weight is 493 g/mol. The fourth-order valence-electron chi connectivity index (χ4n) is 2.05. The quantitative estimate of drug-likeness (QED) is 0.237. The molecule has 6 heteroatoms. The van der Waals surface area contributed by atoms with E-state index in [0.29, 0.717) is 0 Å². The summed E-state index contributed by atoms with van der Waals surface area (Å²) in [5, 5.41) is 0. The van der Waals surface area contributed by atoms with Crippen LogP contribution in [0.2, 0.25) is 0 Å². The number of halogens is 4. The van der Waals surface area contributed by atoms with Crippen LogP contribution in [0.1, 0.15) is 51.4 Å². The zero-order chi connectivity index (χ0) is 16.3. The molecule has 127 valence electrons. The van der Waals surface area contributed by atoms with E-state index in [1.54, 1.807) is 8.17 Å². The predicted octanol–water partition coefficient (Wildman–Crippen LogP) is 6.40. The van der Waals surface area contributed by atoms with Gasteiger partial charge in [-0.1, -0.05) is 0 Å². The summed E-state index contributed by atoms with van der Waals surface area (Å²) in [6, 6.07) is 0. The first-order chi connectivity index (χ1) is 10.4. The van der Waals surface area contributed by atoms with E-state index in [4.69, 9.17) is 0 Å². The van der Waals surface area contributed by atoms with Gasteiger partial charge >= 0.3 is 121 Å². The zero-order valence-electron chi connectivity index (χ0n) is 12.5. The number of hydrogen-bond donors (Lipinski definition) is 0. The van der Waals surface area contributed by atoms with E-state index in [-0.39, 0.29) is 17.7 Å². The molecule has 0 aliphatic heterocycles. The Kier molecular flexibility index (Phi) is 9.73. The van der Waals surface area contributed by atoms with Crippen molar-refractivity contribution in [3.8, 4) is 0 Å². The van der Waals surface area contributed by atoms with Gasteiger partial charge in [0, 0.05) is 0 Å². The summed E-state index contributed by atoms with van der Waals surface area (Å²) in [6.07, 6.45) is 24.7. The van der Waals surface area contributed by atoms with E-state index >= 15 is 0 Å². The smallest absolute Gasteiger partial charge is 0.418 e. The van der Waals surface area contributed by atoms with Crippen molar-refractivity contribution < 1.29 is 35.0 Å². The molecular weight excluding hydrogens is 471 g/mol. The van der Waals surface area contributed by atoms with Gasteiger partial charge in [0.15, 0.2) is 0 Å². The van der Waals surface area contributed by atoms with Crippen molar-refractivity contribution in [1.29, 1.82) is 0 Å². The van der Waals surface area contributed by atoms with Gasteiger partial charge in [0.05, 0.1) is 0 Å². The van der Waals surface area contributed by atoms with Gasteiger partial charge in [0.2, 0.25) is 0 Å². The van der Waals surface area contributed by atoms with Crippen LogP contribution in [0.25, 0.3) is 0 Å². The van der Waals surface area contributed by atoms with Gasteiger partial charge in [-0.25, -0.2) is 0 Å². The van der Waals surface area contributed by atoms with E-state index in [0.717, 1.165) is 0 Å². The monoisotopic (exact) mass is 494 g/mol. The second-order valence-corrected chi connectivity index (χ2v) is 8.67. The zero-order valence-corrected chi connectivity index (χ0v) is 14.9.